The fourth-order valence-electron chi connectivity index (χ4n) is 5.11. The summed E-state index contributed by atoms with van der Waals surface area (Å²) in [6.45, 7) is 2.21. The van der Waals surface area contributed by atoms with Gasteiger partial charge >= 0.3 is 0 Å². The molecular formula is C30H24N6O3. The molecule has 0 fully saturated rings. The monoisotopic (exact) mass is 516 g/mol. The van der Waals surface area contributed by atoms with Crippen LogP contribution in [0, 0.1) is 6.92 Å². The summed E-state index contributed by atoms with van der Waals surface area (Å²) in [7, 11) is 1.68. The Bertz CT molecular complexity index is 1800. The van der Waals surface area contributed by atoms with Gasteiger partial charge in [0.05, 0.1) is 35.5 Å². The number of aromatic nitrogens is 6. The zero-order chi connectivity index (χ0) is 26.3. The Morgan fingerprint density at radius 3 is 2.41 bits per heavy atom. The minimum Gasteiger partial charge on any atom is -0.496 e. The van der Waals surface area contributed by atoms with Gasteiger partial charge in [0.25, 0.3) is 0 Å². The number of rotatable bonds is 6. The molecule has 192 valence electrons. The van der Waals surface area contributed by atoms with E-state index in [0.717, 1.165) is 39.6 Å². The molecule has 0 saturated heterocycles. The van der Waals surface area contributed by atoms with Gasteiger partial charge in [0, 0.05) is 5.56 Å². The molecule has 0 spiro atoms. The first-order valence-corrected chi connectivity index (χ1v) is 12.6. The second-order valence-electron chi connectivity index (χ2n) is 9.19. The molecule has 6 aromatic rings. The third kappa shape index (κ3) is 3.86. The van der Waals surface area contributed by atoms with Gasteiger partial charge in [-0.15, -0.1) is 5.10 Å². The van der Waals surface area contributed by atoms with Crippen molar-refractivity contribution in [3.63, 3.8) is 0 Å². The lowest BCUT2D eigenvalue weighted by Gasteiger charge is -2.27. The standard InChI is InChI=1S/C30H24N6O3/c1-19-25-26(22-15-9-10-16-23(22)37-2)27-28-32-24(17-38-21-13-7-4-8-14-21)34-35(28)18-31-29(27)39-30(25)36(33-19)20-11-5-3-6-12-20/h3-16,18,26H,17H2,1-2H3/t26-/m1/s1. The number of aryl methyl sites for hydroxylation is 1. The lowest BCUT2D eigenvalue weighted by atomic mass is 9.84. The number of fused-ring (bicyclic) bond motifs is 4. The van der Waals surface area contributed by atoms with Crippen molar-refractivity contribution in [2.75, 3.05) is 7.11 Å². The van der Waals surface area contributed by atoms with Gasteiger partial charge in [0.15, 0.2) is 11.5 Å². The number of nitrogens with zero attached hydrogens (tertiary/aromatic N) is 6. The van der Waals surface area contributed by atoms with E-state index in [1.807, 2.05) is 90.5 Å². The van der Waals surface area contributed by atoms with Gasteiger partial charge in [-0.1, -0.05) is 54.6 Å². The highest BCUT2D eigenvalue weighted by Crippen LogP contribution is 2.51. The van der Waals surface area contributed by atoms with Gasteiger partial charge in [-0.3, -0.25) is 0 Å². The number of methoxy groups -OCH3 is 1. The van der Waals surface area contributed by atoms with Crippen molar-refractivity contribution in [1.82, 2.24) is 29.4 Å². The molecule has 0 saturated carbocycles. The van der Waals surface area contributed by atoms with Crippen LogP contribution in [0.3, 0.4) is 0 Å². The number of ether oxygens (including phenoxy) is 3. The normalized spacial score (nSPS) is 13.9. The lowest BCUT2D eigenvalue weighted by molar-refractivity contribution is 0.296. The molecule has 0 aliphatic carbocycles. The van der Waals surface area contributed by atoms with Gasteiger partial charge in [-0.2, -0.15) is 5.10 Å². The second kappa shape index (κ2) is 9.29. The van der Waals surface area contributed by atoms with Crippen LogP contribution in [0.2, 0.25) is 0 Å². The van der Waals surface area contributed by atoms with Gasteiger partial charge < -0.3 is 14.2 Å². The van der Waals surface area contributed by atoms with Crippen molar-refractivity contribution in [2.45, 2.75) is 19.4 Å². The molecule has 3 aromatic heterocycles. The molecule has 4 heterocycles. The molecule has 1 aliphatic rings. The van der Waals surface area contributed by atoms with Crippen molar-refractivity contribution < 1.29 is 14.2 Å². The summed E-state index contributed by atoms with van der Waals surface area (Å²) in [4.78, 5) is 9.55. The molecule has 0 radical (unpaired) electrons. The van der Waals surface area contributed by atoms with Crippen LogP contribution in [0.15, 0.2) is 91.3 Å². The number of benzene rings is 3. The number of para-hydroxylation sites is 3. The average Bonchev–Trinajstić information content (AvgIpc) is 3.56. The van der Waals surface area contributed by atoms with Crippen LogP contribution in [-0.2, 0) is 6.61 Å². The fraction of sp³-hybridized carbons (Fsp3) is 0.133. The van der Waals surface area contributed by atoms with E-state index in [1.165, 1.54) is 0 Å². The third-order valence-electron chi connectivity index (χ3n) is 6.83. The van der Waals surface area contributed by atoms with Crippen molar-refractivity contribution >= 4 is 5.65 Å². The first kappa shape index (κ1) is 23.0. The van der Waals surface area contributed by atoms with E-state index in [0.29, 0.717) is 23.2 Å². The molecule has 39 heavy (non-hydrogen) atoms. The Hall–Kier alpha value is -5.18. The second-order valence-corrected chi connectivity index (χ2v) is 9.19. The molecule has 7 rings (SSSR count). The van der Waals surface area contributed by atoms with Crippen LogP contribution in [-0.4, -0.2) is 36.5 Å². The molecule has 1 atom stereocenters. The predicted octanol–water partition coefficient (Wildman–Crippen LogP) is 5.49. The fourth-order valence-corrected chi connectivity index (χ4v) is 5.11. The number of hydrogen-bond acceptors (Lipinski definition) is 7. The van der Waals surface area contributed by atoms with E-state index >= 15 is 0 Å². The number of hydrogen-bond donors (Lipinski definition) is 0. The topological polar surface area (TPSA) is 88.6 Å². The predicted molar refractivity (Wildman–Crippen MR) is 144 cm³/mol. The van der Waals surface area contributed by atoms with Crippen LogP contribution in [0.25, 0.3) is 11.3 Å². The van der Waals surface area contributed by atoms with Crippen LogP contribution in [0.5, 0.6) is 23.3 Å². The van der Waals surface area contributed by atoms with Crippen LogP contribution >= 0.6 is 0 Å². The molecule has 0 N–H and O–H groups in total. The van der Waals surface area contributed by atoms with Crippen molar-refractivity contribution in [1.29, 1.82) is 0 Å². The van der Waals surface area contributed by atoms with E-state index in [9.17, 15) is 0 Å². The first-order valence-electron chi connectivity index (χ1n) is 12.6. The Labute approximate surface area is 224 Å². The summed E-state index contributed by atoms with van der Waals surface area (Å²) in [5.74, 6) is 2.80. The quantitative estimate of drug-likeness (QED) is 0.289. The first-order chi connectivity index (χ1) is 19.2. The van der Waals surface area contributed by atoms with E-state index in [1.54, 1.807) is 18.0 Å². The van der Waals surface area contributed by atoms with Gasteiger partial charge in [0.2, 0.25) is 11.8 Å². The van der Waals surface area contributed by atoms with Crippen LogP contribution in [0.4, 0.5) is 0 Å². The van der Waals surface area contributed by atoms with Gasteiger partial charge in [0.1, 0.15) is 24.4 Å². The van der Waals surface area contributed by atoms with Crippen LogP contribution in [0.1, 0.15) is 34.1 Å². The zero-order valence-electron chi connectivity index (χ0n) is 21.4. The Morgan fingerprint density at radius 1 is 0.872 bits per heavy atom. The molecule has 0 bridgehead atoms. The summed E-state index contributed by atoms with van der Waals surface area (Å²) < 4.78 is 21.7. The maximum absolute atomic E-state index is 6.49. The van der Waals surface area contributed by atoms with E-state index < -0.39 is 0 Å². The molecule has 0 amide bonds. The Morgan fingerprint density at radius 2 is 1.62 bits per heavy atom. The lowest BCUT2D eigenvalue weighted by Crippen LogP contribution is -2.16. The maximum Gasteiger partial charge on any atom is 0.230 e. The molecule has 9 heteroatoms. The van der Waals surface area contributed by atoms with Crippen molar-refractivity contribution in [3.05, 3.63) is 119 Å². The van der Waals surface area contributed by atoms with Crippen molar-refractivity contribution in [3.8, 4) is 28.9 Å². The van der Waals surface area contributed by atoms with Gasteiger partial charge in [-0.25, -0.2) is 19.2 Å². The van der Waals surface area contributed by atoms with E-state index in [-0.39, 0.29) is 12.5 Å². The zero-order valence-corrected chi connectivity index (χ0v) is 21.4. The Balaban J connectivity index is 1.41. The minimum absolute atomic E-state index is 0.219. The Kier molecular flexibility index (Phi) is 5.47. The smallest absolute Gasteiger partial charge is 0.230 e. The minimum atomic E-state index is -0.305. The third-order valence-corrected chi connectivity index (χ3v) is 6.83. The molecule has 0 unspecified atom stereocenters. The molecule has 9 nitrogen and oxygen atoms in total. The highest BCUT2D eigenvalue weighted by molar-refractivity contribution is 5.67. The molecular weight excluding hydrogens is 492 g/mol. The van der Waals surface area contributed by atoms with Gasteiger partial charge in [-0.05, 0) is 37.3 Å². The SMILES string of the molecule is COc1ccccc1[C@@H]1c2c(C)nn(-c3ccccc3)c2Oc2ncn3nc(COc4ccccc4)nc3c21. The summed E-state index contributed by atoms with van der Waals surface area (Å²) in [6, 6.07) is 27.5. The van der Waals surface area contributed by atoms with E-state index in [4.69, 9.17) is 24.3 Å². The summed E-state index contributed by atoms with van der Waals surface area (Å²) in [5, 5.41) is 9.53. The van der Waals surface area contributed by atoms with Crippen LogP contribution < -0.4 is 14.2 Å². The largest absolute Gasteiger partial charge is 0.496 e. The summed E-state index contributed by atoms with van der Waals surface area (Å²) in [5.41, 5.74) is 5.05. The van der Waals surface area contributed by atoms with Crippen molar-refractivity contribution in [2.24, 2.45) is 0 Å². The summed E-state index contributed by atoms with van der Waals surface area (Å²) in [6.07, 6.45) is 1.62. The maximum atomic E-state index is 6.49. The highest BCUT2D eigenvalue weighted by Gasteiger charge is 2.39. The highest BCUT2D eigenvalue weighted by atomic mass is 16.5. The molecule has 1 aliphatic heterocycles. The van der Waals surface area contributed by atoms with E-state index in [2.05, 4.69) is 16.1 Å². The molecule has 3 aromatic carbocycles. The average molecular weight is 517 g/mol. The summed E-state index contributed by atoms with van der Waals surface area (Å²) >= 11 is 0.